The van der Waals surface area contributed by atoms with Crippen LogP contribution in [0.1, 0.15) is 5.56 Å². The summed E-state index contributed by atoms with van der Waals surface area (Å²) < 4.78 is 20.0. The Morgan fingerprint density at radius 3 is 2.68 bits per heavy atom. The lowest BCUT2D eigenvalue weighted by Crippen LogP contribution is -2.19. The Kier molecular flexibility index (Phi) is 5.25. The molecule has 0 atom stereocenters. The van der Waals surface area contributed by atoms with Crippen LogP contribution in [0.4, 0.5) is 15.8 Å². The molecule has 5 nitrogen and oxygen atoms in total. The molecule has 1 heterocycles. The topological polar surface area (TPSA) is 51.1 Å². The summed E-state index contributed by atoms with van der Waals surface area (Å²) in [5.41, 5.74) is 2.50. The van der Waals surface area contributed by atoms with E-state index in [1.807, 2.05) is 30.5 Å². The first-order valence-corrected chi connectivity index (χ1v) is 8.03. The van der Waals surface area contributed by atoms with E-state index < -0.39 is 0 Å². The predicted octanol–water partition coefficient (Wildman–Crippen LogP) is 3.89. The molecule has 0 aliphatic carbocycles. The summed E-state index contributed by atoms with van der Waals surface area (Å²) in [5, 5.41) is 10.9. The lowest BCUT2D eigenvalue weighted by atomic mass is 10.2. The second kappa shape index (κ2) is 7.76. The summed E-state index contributed by atoms with van der Waals surface area (Å²) in [6.07, 6.45) is 3.51. The Hall–Kier alpha value is -2.93. The summed E-state index contributed by atoms with van der Waals surface area (Å²) in [7, 11) is 1.61. The molecule has 2 aromatic carbocycles. The number of aromatic nitrogens is 2. The van der Waals surface area contributed by atoms with Crippen molar-refractivity contribution in [1.29, 1.82) is 0 Å². The smallest absolute Gasteiger partial charge is 0.175 e. The fraction of sp³-hybridized carbons (Fsp3) is 0.111. The van der Waals surface area contributed by atoms with Crippen LogP contribution >= 0.6 is 12.2 Å². The Bertz CT molecular complexity index is 864. The number of nitrogens with zero attached hydrogens (tertiary/aromatic N) is 2. The van der Waals surface area contributed by atoms with Gasteiger partial charge in [-0.2, -0.15) is 5.10 Å². The zero-order chi connectivity index (χ0) is 17.6. The van der Waals surface area contributed by atoms with Crippen molar-refractivity contribution in [3.05, 3.63) is 72.3 Å². The highest BCUT2D eigenvalue weighted by Gasteiger charge is 2.06. The summed E-state index contributed by atoms with van der Waals surface area (Å²) in [6.45, 7) is 0.550. The van der Waals surface area contributed by atoms with Gasteiger partial charge in [-0.3, -0.25) is 4.68 Å². The van der Waals surface area contributed by atoms with Gasteiger partial charge in [0.25, 0.3) is 0 Å². The maximum atomic E-state index is 12.9. The minimum absolute atomic E-state index is 0.251. The Morgan fingerprint density at radius 1 is 1.16 bits per heavy atom. The number of hydrogen-bond donors (Lipinski definition) is 2. The van der Waals surface area contributed by atoms with Crippen LogP contribution in [-0.2, 0) is 6.54 Å². The number of benzene rings is 2. The molecule has 3 aromatic rings. The average Bonchev–Trinajstić information content (AvgIpc) is 3.04. The third-order valence-corrected chi connectivity index (χ3v) is 3.71. The molecule has 0 fully saturated rings. The number of hydrogen-bond acceptors (Lipinski definition) is 3. The van der Waals surface area contributed by atoms with Crippen molar-refractivity contribution in [2.75, 3.05) is 17.7 Å². The first kappa shape index (κ1) is 16.9. The minimum Gasteiger partial charge on any atom is -0.495 e. The van der Waals surface area contributed by atoms with Crippen LogP contribution in [0.5, 0.6) is 5.75 Å². The van der Waals surface area contributed by atoms with Gasteiger partial charge in [0.05, 0.1) is 31.2 Å². The molecule has 0 saturated carbocycles. The van der Waals surface area contributed by atoms with E-state index in [2.05, 4.69) is 15.7 Å². The Balaban J connectivity index is 1.61. The number of thiocarbonyl (C=S) groups is 1. The number of para-hydroxylation sites is 2. The zero-order valence-corrected chi connectivity index (χ0v) is 14.4. The van der Waals surface area contributed by atoms with E-state index in [0.29, 0.717) is 17.4 Å². The predicted molar refractivity (Wildman–Crippen MR) is 101 cm³/mol. The van der Waals surface area contributed by atoms with Crippen LogP contribution in [0, 0.1) is 5.82 Å². The molecule has 0 spiro atoms. The van der Waals surface area contributed by atoms with Crippen molar-refractivity contribution in [2.24, 2.45) is 0 Å². The van der Waals surface area contributed by atoms with Gasteiger partial charge in [0.2, 0.25) is 0 Å². The van der Waals surface area contributed by atoms with Crippen molar-refractivity contribution >= 4 is 28.7 Å². The maximum Gasteiger partial charge on any atom is 0.175 e. The summed E-state index contributed by atoms with van der Waals surface area (Å²) in [5.74, 6) is 0.456. The van der Waals surface area contributed by atoms with Crippen LogP contribution in [0.2, 0.25) is 0 Å². The van der Waals surface area contributed by atoms with Gasteiger partial charge >= 0.3 is 0 Å². The van der Waals surface area contributed by atoms with Gasteiger partial charge in [0.1, 0.15) is 11.6 Å². The number of rotatable bonds is 5. The SMILES string of the molecule is COc1ccccc1NC(=S)Nc1cnn(Cc2ccc(F)cc2)c1. The minimum atomic E-state index is -0.251. The number of ether oxygens (including phenoxy) is 1. The van der Waals surface area contributed by atoms with Gasteiger partial charge in [-0.05, 0) is 42.0 Å². The number of halogens is 1. The van der Waals surface area contributed by atoms with Crippen LogP contribution in [0.15, 0.2) is 60.9 Å². The van der Waals surface area contributed by atoms with Crippen LogP contribution in [0.25, 0.3) is 0 Å². The van der Waals surface area contributed by atoms with E-state index in [1.54, 1.807) is 30.1 Å². The summed E-state index contributed by atoms with van der Waals surface area (Å²) >= 11 is 5.32. The molecule has 1 aromatic heterocycles. The van der Waals surface area contributed by atoms with Crippen LogP contribution < -0.4 is 15.4 Å². The number of nitrogens with one attached hydrogen (secondary N) is 2. The second-order valence-electron chi connectivity index (χ2n) is 5.33. The highest BCUT2D eigenvalue weighted by atomic mass is 32.1. The molecule has 2 N–H and O–H groups in total. The standard InChI is InChI=1S/C18H17FN4OS/c1-24-17-5-3-2-4-16(17)22-18(25)21-15-10-20-23(12-15)11-13-6-8-14(19)9-7-13/h2-10,12H,11H2,1H3,(H2,21,22,25). The quantitative estimate of drug-likeness (QED) is 0.680. The van der Waals surface area contributed by atoms with Gasteiger partial charge in [-0.25, -0.2) is 4.39 Å². The van der Waals surface area contributed by atoms with E-state index in [-0.39, 0.29) is 5.82 Å². The molecule has 128 valence electrons. The van der Waals surface area contributed by atoms with E-state index in [1.165, 1.54) is 12.1 Å². The Labute approximate surface area is 150 Å². The molecule has 0 amide bonds. The van der Waals surface area contributed by atoms with E-state index in [4.69, 9.17) is 17.0 Å². The third-order valence-electron chi connectivity index (χ3n) is 3.50. The molecular weight excluding hydrogens is 339 g/mol. The van der Waals surface area contributed by atoms with Gasteiger partial charge in [0.15, 0.2) is 5.11 Å². The summed E-state index contributed by atoms with van der Waals surface area (Å²) in [4.78, 5) is 0. The molecule has 0 radical (unpaired) electrons. The Morgan fingerprint density at radius 2 is 1.92 bits per heavy atom. The molecule has 7 heteroatoms. The molecule has 3 rings (SSSR count). The van der Waals surface area contributed by atoms with Crippen molar-refractivity contribution < 1.29 is 9.13 Å². The lowest BCUT2D eigenvalue weighted by Gasteiger charge is -2.12. The third kappa shape index (κ3) is 4.54. The summed E-state index contributed by atoms with van der Waals surface area (Å²) in [6, 6.07) is 13.9. The molecule has 0 bridgehead atoms. The van der Waals surface area contributed by atoms with E-state index >= 15 is 0 Å². The molecule has 0 saturated heterocycles. The van der Waals surface area contributed by atoms with E-state index in [0.717, 1.165) is 16.9 Å². The van der Waals surface area contributed by atoms with Gasteiger partial charge < -0.3 is 15.4 Å². The highest BCUT2D eigenvalue weighted by molar-refractivity contribution is 7.80. The monoisotopic (exact) mass is 356 g/mol. The van der Waals surface area contributed by atoms with Crippen molar-refractivity contribution in [3.63, 3.8) is 0 Å². The largest absolute Gasteiger partial charge is 0.495 e. The molecule has 0 aliphatic heterocycles. The van der Waals surface area contributed by atoms with Crippen LogP contribution in [-0.4, -0.2) is 22.0 Å². The number of anilines is 2. The molecule has 0 unspecified atom stereocenters. The van der Waals surface area contributed by atoms with Crippen LogP contribution in [0.3, 0.4) is 0 Å². The molecule has 25 heavy (non-hydrogen) atoms. The van der Waals surface area contributed by atoms with Gasteiger partial charge in [-0.1, -0.05) is 24.3 Å². The maximum absolute atomic E-state index is 12.9. The first-order valence-electron chi connectivity index (χ1n) is 7.62. The second-order valence-corrected chi connectivity index (χ2v) is 5.74. The van der Waals surface area contributed by atoms with Crippen molar-refractivity contribution in [3.8, 4) is 5.75 Å². The van der Waals surface area contributed by atoms with Crippen molar-refractivity contribution in [1.82, 2.24) is 9.78 Å². The normalized spacial score (nSPS) is 10.3. The van der Waals surface area contributed by atoms with E-state index in [9.17, 15) is 4.39 Å². The zero-order valence-electron chi connectivity index (χ0n) is 13.6. The average molecular weight is 356 g/mol. The molecule has 0 aliphatic rings. The lowest BCUT2D eigenvalue weighted by molar-refractivity contribution is 0.417. The fourth-order valence-corrected chi connectivity index (χ4v) is 2.55. The van der Waals surface area contributed by atoms with Crippen molar-refractivity contribution in [2.45, 2.75) is 6.54 Å². The highest BCUT2D eigenvalue weighted by Crippen LogP contribution is 2.23. The molecular formula is C18H17FN4OS. The first-order chi connectivity index (χ1) is 12.1. The van der Waals surface area contributed by atoms with Gasteiger partial charge in [-0.15, -0.1) is 0 Å². The fourth-order valence-electron chi connectivity index (χ4n) is 2.32. The number of methoxy groups -OCH3 is 1. The van der Waals surface area contributed by atoms with Gasteiger partial charge in [0, 0.05) is 6.20 Å².